The van der Waals surface area contributed by atoms with Crippen LogP contribution in [-0.4, -0.2) is 178 Å². The molecule has 3 unspecified atom stereocenters. The van der Waals surface area contributed by atoms with Gasteiger partial charge in [0.25, 0.3) is 10.1 Å². The van der Waals surface area contributed by atoms with Crippen LogP contribution in [0.2, 0.25) is 28.2 Å². The van der Waals surface area contributed by atoms with Gasteiger partial charge in [0.15, 0.2) is 20.9 Å². The predicted octanol–water partition coefficient (Wildman–Crippen LogP) is 12.4. The normalized spacial score (nSPS) is 26.1. The highest BCUT2D eigenvalue weighted by molar-refractivity contribution is 7.86. The highest BCUT2D eigenvalue weighted by atomic mass is 35.5. The molecule has 8 heterocycles. The van der Waals surface area contributed by atoms with Crippen LogP contribution >= 0.6 is 23.2 Å². The zero-order valence-corrected chi connectivity index (χ0v) is 58.1. The third-order valence-electron chi connectivity index (χ3n) is 16.3. The summed E-state index contributed by atoms with van der Waals surface area (Å²) in [5, 5.41) is 37.5. The standard InChI is InChI=1S/C21H35Cl2NO2Si.C12H24O4.C10H16O4.C8H16O4S.C7H14O2.C5H8O3.CH4/c1-6-27(7-2,8-3)26-19(20-17(22)14-24-15-18(20)23)11-9-10-16-12-13-21(4,5)25-16;1-12(2,14)7-6-10(13)9-16-11-5-3-4-8-15-11;11-9-5-4-8(14-9)7-13-10-3-1-2-6-12-10;1-8(2)5-4-7(12-8)6-11-13(3,9)10;1-7(2)4-3-6(5-8)9-7;6-3-4-1-2-5(7)8-4;/h14-16,19H,6-13H2,1-5H3;10-11,13-14H,3-9H2,1-2H3;8,10H,1-7H2;7H,4-6H2,1-3H3;6,8H,3-5H2,1-2H3;4,6H,1-3H2;1H4/t16-,19?;10-,11?;8-,10?;7-;6-;4-;/m100000./s1. The Morgan fingerprint density at radius 2 is 1.16 bits per heavy atom. The van der Waals surface area contributed by atoms with Crippen molar-refractivity contribution in [1.29, 1.82) is 0 Å². The number of ether oxygens (including phenoxy) is 9. The van der Waals surface area contributed by atoms with Crippen LogP contribution in [0.15, 0.2) is 12.4 Å². The second-order valence-corrected chi connectivity index (χ2v) is 33.5. The second kappa shape index (κ2) is 41.2. The van der Waals surface area contributed by atoms with Gasteiger partial charge in [-0.25, -0.2) is 0 Å². The number of carbonyl (C=O) groups excluding carboxylic acids is 2. The van der Waals surface area contributed by atoms with E-state index >= 15 is 0 Å². The van der Waals surface area contributed by atoms with E-state index in [0.29, 0.717) is 61.5 Å². The Balaban J connectivity index is 0.000000377. The van der Waals surface area contributed by atoms with E-state index in [0.717, 1.165) is 146 Å². The lowest BCUT2D eigenvalue weighted by Gasteiger charge is -2.34. The van der Waals surface area contributed by atoms with Crippen LogP contribution in [0.5, 0.6) is 0 Å². The van der Waals surface area contributed by atoms with E-state index in [-0.39, 0.29) is 99.1 Å². The van der Waals surface area contributed by atoms with Crippen LogP contribution in [-0.2, 0) is 70.9 Å². The van der Waals surface area contributed by atoms with Gasteiger partial charge in [-0.15, -0.1) is 0 Å². The van der Waals surface area contributed by atoms with Crippen LogP contribution in [0.3, 0.4) is 0 Å². The zero-order valence-electron chi connectivity index (χ0n) is 54.8. The van der Waals surface area contributed by atoms with Crippen LogP contribution in [0, 0.1) is 0 Å². The minimum absolute atomic E-state index is 0. The van der Waals surface area contributed by atoms with Crippen molar-refractivity contribution >= 4 is 53.6 Å². The molecule has 7 aliphatic heterocycles. The lowest BCUT2D eigenvalue weighted by molar-refractivity contribution is -0.179. The number of hydrogen-bond donors (Lipinski definition) is 4. The molecule has 0 saturated carbocycles. The van der Waals surface area contributed by atoms with E-state index in [1.807, 2.05) is 13.8 Å². The van der Waals surface area contributed by atoms with Crippen LogP contribution in [0.25, 0.3) is 0 Å². The first-order valence-electron chi connectivity index (χ1n) is 32.1. The largest absolute Gasteiger partial charge is 0.460 e. The third-order valence-corrected chi connectivity index (χ3v) is 22.1. The second-order valence-electron chi connectivity index (χ2n) is 26.3. The lowest BCUT2D eigenvalue weighted by atomic mass is 10.0. The van der Waals surface area contributed by atoms with Gasteiger partial charge < -0.3 is 67.5 Å². The first kappa shape index (κ1) is 82.4. The maximum Gasteiger partial charge on any atom is 0.306 e. The minimum atomic E-state index is -3.33. The summed E-state index contributed by atoms with van der Waals surface area (Å²) in [6.45, 7) is 25.3. The summed E-state index contributed by atoms with van der Waals surface area (Å²) in [4.78, 5) is 25.2. The van der Waals surface area contributed by atoms with Gasteiger partial charge in [-0.05, 0) is 196 Å². The molecule has 7 aliphatic rings. The van der Waals surface area contributed by atoms with Gasteiger partial charge in [0.2, 0.25) is 0 Å². The van der Waals surface area contributed by atoms with E-state index in [9.17, 15) is 28.2 Å². The van der Waals surface area contributed by atoms with Crippen molar-refractivity contribution in [2.24, 2.45) is 0 Å². The van der Waals surface area contributed by atoms with Crippen molar-refractivity contribution in [1.82, 2.24) is 4.98 Å². The van der Waals surface area contributed by atoms with Crippen molar-refractivity contribution in [3.63, 3.8) is 0 Å². The number of aliphatic hydroxyl groups excluding tert-OH is 3. The summed E-state index contributed by atoms with van der Waals surface area (Å²) in [6.07, 6.45) is 22.8. The predicted molar refractivity (Wildman–Crippen MR) is 344 cm³/mol. The van der Waals surface area contributed by atoms with Crippen molar-refractivity contribution in [2.45, 2.75) is 314 Å². The first-order chi connectivity index (χ1) is 40.8. The van der Waals surface area contributed by atoms with E-state index in [2.05, 4.69) is 62.4 Å². The van der Waals surface area contributed by atoms with Gasteiger partial charge in [0.1, 0.15) is 12.2 Å². The Bertz CT molecular complexity index is 2160. The number of esters is 2. The molecule has 1 aromatic rings. The molecule has 0 bridgehead atoms. The number of rotatable bonds is 24. The molecule has 0 spiro atoms. The molecular weight excluding hydrogens is 1220 g/mol. The topological polar surface area (TPSA) is 264 Å². The molecule has 1 aromatic heterocycles. The number of hydrogen-bond acceptors (Lipinski definition) is 20. The van der Waals surface area contributed by atoms with Gasteiger partial charge in [-0.3, -0.25) is 18.8 Å². The molecule has 7 fully saturated rings. The van der Waals surface area contributed by atoms with Crippen molar-refractivity contribution in [2.75, 3.05) is 52.5 Å². The molecule has 0 aromatic carbocycles. The monoisotopic (exact) mass is 1330 g/mol. The minimum Gasteiger partial charge on any atom is -0.460 e. The summed E-state index contributed by atoms with van der Waals surface area (Å²) in [5.41, 5.74) is 0.0852. The van der Waals surface area contributed by atoms with E-state index < -0.39 is 30.1 Å². The fourth-order valence-corrected chi connectivity index (χ4v) is 14.7. The molecule has 8 rings (SSSR count). The first-order valence-corrected chi connectivity index (χ1v) is 37.2. The molecule has 9 atom stereocenters. The van der Waals surface area contributed by atoms with E-state index in [4.69, 9.17) is 75.7 Å². The van der Waals surface area contributed by atoms with Gasteiger partial charge in [0, 0.05) is 44.0 Å². The Labute approximate surface area is 540 Å². The van der Waals surface area contributed by atoms with Gasteiger partial charge in [-0.2, -0.15) is 8.42 Å². The number of aliphatic hydroxyl groups is 4. The molecule has 0 radical (unpaired) electrons. The van der Waals surface area contributed by atoms with Crippen LogP contribution < -0.4 is 0 Å². The molecule has 20 nitrogen and oxygen atoms in total. The van der Waals surface area contributed by atoms with Gasteiger partial charge >= 0.3 is 11.9 Å². The van der Waals surface area contributed by atoms with E-state index in [1.165, 1.54) is 0 Å². The molecule has 0 aliphatic carbocycles. The Kier molecular flexibility index (Phi) is 38.6. The summed E-state index contributed by atoms with van der Waals surface area (Å²) in [6, 6.07) is 3.32. The molecule has 0 amide bonds. The zero-order chi connectivity index (χ0) is 64.9. The van der Waals surface area contributed by atoms with Gasteiger partial charge in [0.05, 0.1) is 102 Å². The van der Waals surface area contributed by atoms with Gasteiger partial charge in [-0.1, -0.05) is 51.4 Å². The number of pyridine rings is 1. The Hall–Kier alpha value is -1.68. The molecule has 24 heteroatoms. The highest BCUT2D eigenvalue weighted by Gasteiger charge is 2.37. The smallest absolute Gasteiger partial charge is 0.306 e. The molecule has 4 N–H and O–H groups in total. The molecular formula is C64H117Cl2NO19SSi. The van der Waals surface area contributed by atoms with Crippen molar-refractivity contribution in [3.8, 4) is 0 Å². The molecule has 516 valence electrons. The average molecular weight is 1340 g/mol. The summed E-state index contributed by atoms with van der Waals surface area (Å²) in [5.74, 6) is -0.299. The summed E-state index contributed by atoms with van der Waals surface area (Å²) >= 11 is 13.0. The lowest BCUT2D eigenvalue weighted by Crippen LogP contribution is -2.37. The fourth-order valence-electron chi connectivity index (χ4n) is 10.8. The average Bonchev–Trinajstić information content (AvgIpc) is 1.74. The number of cyclic esters (lactones) is 2. The number of carbonyl (C=O) groups is 2. The number of aromatic nitrogens is 1. The maximum atomic E-state index is 10.8. The number of halogens is 2. The van der Waals surface area contributed by atoms with Crippen LogP contribution in [0.4, 0.5) is 0 Å². The fraction of sp³-hybridized carbons (Fsp3) is 0.891. The van der Waals surface area contributed by atoms with Crippen molar-refractivity contribution < 1.29 is 89.7 Å². The SMILES string of the molecule is C.CC(C)(O)CC[C@H](O)COC1CCCCO1.CC1(C)CC[C@@H](CO)O1.CC1(C)CC[C@@H](COS(C)(=O)=O)O1.CC[Si](CC)(CC)OC(CCC[C@@H]1CCC(C)(C)O1)c1c(Cl)cncc1Cl.O=C1CC[C@@H](CO)O1.O=C1CC[C@@H](COC2CCCCO2)O1. The summed E-state index contributed by atoms with van der Waals surface area (Å²) < 4.78 is 81.4. The number of nitrogens with zero attached hydrogens (tertiary/aromatic N) is 1. The van der Waals surface area contributed by atoms with E-state index in [1.54, 1.807) is 26.2 Å². The Morgan fingerprint density at radius 1 is 0.682 bits per heavy atom. The molecule has 88 heavy (non-hydrogen) atoms. The van der Waals surface area contributed by atoms with Crippen molar-refractivity contribution in [3.05, 3.63) is 28.0 Å². The Morgan fingerprint density at radius 3 is 1.55 bits per heavy atom. The quantitative estimate of drug-likeness (QED) is 0.0426. The maximum absolute atomic E-state index is 10.8. The van der Waals surface area contributed by atoms with Crippen LogP contribution in [0.1, 0.15) is 230 Å². The third kappa shape index (κ3) is 35.0. The summed E-state index contributed by atoms with van der Waals surface area (Å²) in [7, 11) is -5.11. The highest BCUT2D eigenvalue weighted by Crippen LogP contribution is 2.40. The molecule has 7 saturated heterocycles.